The molecule has 0 fully saturated rings. The molecule has 5 heteroatoms. The molecule has 2 aliphatic heterocycles. The normalized spacial score (nSPS) is 13.9. The first kappa shape index (κ1) is 25.4. The molecule has 2 heterocycles. The van der Waals surface area contributed by atoms with Gasteiger partial charge in [-0.25, -0.2) is 0 Å². The maximum atomic E-state index is 4.61. The van der Waals surface area contributed by atoms with Gasteiger partial charge < -0.3 is 19.5 Å². The van der Waals surface area contributed by atoms with E-state index in [-0.39, 0.29) is 0 Å². The van der Waals surface area contributed by atoms with Gasteiger partial charge in [0.1, 0.15) is 0 Å². The number of hydrogen-bond acceptors (Lipinski definition) is 4. The predicted molar refractivity (Wildman–Crippen MR) is 137 cm³/mol. The third-order valence-electron chi connectivity index (χ3n) is 6.57. The molecule has 0 atom stereocenters. The van der Waals surface area contributed by atoms with Crippen LogP contribution in [-0.4, -0.2) is 37.3 Å². The van der Waals surface area contributed by atoms with Crippen LogP contribution in [0.1, 0.15) is 57.3 Å². The first-order valence-corrected chi connectivity index (χ1v) is 12.6. The fourth-order valence-corrected chi connectivity index (χ4v) is 4.56. The van der Waals surface area contributed by atoms with Gasteiger partial charge in [0.15, 0.2) is 0 Å². The molecule has 0 radical (unpaired) electrons. The molecule has 0 spiro atoms. The molecule has 31 heavy (non-hydrogen) atoms. The molecular weight excluding hydrogens is 400 g/mol. The summed E-state index contributed by atoms with van der Waals surface area (Å²) in [7, 11) is 2.73. The van der Waals surface area contributed by atoms with Gasteiger partial charge in [0.25, 0.3) is 0 Å². The molecule has 4 rings (SSSR count). The molecule has 0 amide bonds. The lowest BCUT2D eigenvalue weighted by molar-refractivity contribution is 0.309. The summed E-state index contributed by atoms with van der Waals surface area (Å²) in [4.78, 5) is 0. The van der Waals surface area contributed by atoms with Crippen molar-refractivity contribution in [3.8, 4) is 0 Å². The second kappa shape index (κ2) is 12.3. The Bertz CT molecular complexity index is 809. The van der Waals surface area contributed by atoms with E-state index in [1.54, 1.807) is 14.2 Å². The molecule has 2 aromatic rings. The lowest BCUT2D eigenvalue weighted by Crippen LogP contribution is -2.14. The van der Waals surface area contributed by atoms with E-state index in [4.69, 9.17) is 0 Å². The highest BCUT2D eigenvalue weighted by molar-refractivity contribution is 6.17. The average Bonchev–Trinajstić information content (AvgIpc) is 2.77. The Morgan fingerprint density at radius 3 is 1.35 bits per heavy atom. The van der Waals surface area contributed by atoms with Crippen LogP contribution in [0.2, 0.25) is 0 Å². The van der Waals surface area contributed by atoms with Crippen LogP contribution in [0, 0.1) is 41.5 Å². The van der Waals surface area contributed by atoms with Crippen molar-refractivity contribution in [3.05, 3.63) is 56.6 Å². The molecule has 0 bridgehead atoms. The number of fused-ring (bicyclic) bond motifs is 2. The van der Waals surface area contributed by atoms with E-state index >= 15 is 0 Å². The van der Waals surface area contributed by atoms with Gasteiger partial charge in [-0.1, -0.05) is 12.1 Å². The highest BCUT2D eigenvalue weighted by atomic mass is 28.3. The highest BCUT2D eigenvalue weighted by Crippen LogP contribution is 2.31. The van der Waals surface area contributed by atoms with Crippen molar-refractivity contribution in [2.45, 2.75) is 67.2 Å². The van der Waals surface area contributed by atoms with Gasteiger partial charge in [0.2, 0.25) is 0 Å². The Kier molecular flexibility index (Phi) is 10.1. The van der Waals surface area contributed by atoms with E-state index in [2.05, 4.69) is 73.2 Å². The topological polar surface area (TPSA) is 42.5 Å². The summed E-state index contributed by atoms with van der Waals surface area (Å²) in [5, 5.41) is 7.00. The lowest BCUT2D eigenvalue weighted by atomic mass is 9.93. The van der Waals surface area contributed by atoms with E-state index in [1.165, 1.54) is 81.6 Å². The van der Waals surface area contributed by atoms with E-state index in [1.807, 2.05) is 0 Å². The fraction of sp³-hybridized carbons (Fsp3) is 0.538. The number of hydrogen-bond donors (Lipinski definition) is 2. The van der Waals surface area contributed by atoms with Crippen molar-refractivity contribution in [3.63, 3.8) is 0 Å². The van der Waals surface area contributed by atoms with E-state index in [0.29, 0.717) is 0 Å². The molecular formula is C26H42N2O2Si. The van der Waals surface area contributed by atoms with Crippen molar-refractivity contribution in [2.75, 3.05) is 37.9 Å². The van der Waals surface area contributed by atoms with Gasteiger partial charge in [-0.15, -0.1) is 0 Å². The molecule has 0 aromatic heterocycles. The SMILES string of the molecule is CO[SiH2]OC.Cc1cc2c(c(C)c1C)NCCC2.Cc1cc2c(c(C)c1C)NCCC2. The minimum absolute atomic E-state index is 0.568. The molecule has 2 aromatic carbocycles. The quantitative estimate of drug-likeness (QED) is 0.626. The largest absolute Gasteiger partial charge is 0.402 e. The number of rotatable bonds is 2. The summed E-state index contributed by atoms with van der Waals surface area (Å²) in [6.45, 7) is 15.5. The zero-order valence-corrected chi connectivity index (χ0v) is 22.3. The lowest BCUT2D eigenvalue weighted by Gasteiger charge is -2.22. The zero-order chi connectivity index (χ0) is 23.0. The Morgan fingerprint density at radius 2 is 1.03 bits per heavy atom. The number of benzene rings is 2. The van der Waals surface area contributed by atoms with E-state index in [9.17, 15) is 0 Å². The van der Waals surface area contributed by atoms with Gasteiger partial charge in [-0.2, -0.15) is 0 Å². The molecule has 0 saturated heterocycles. The Balaban J connectivity index is 0.000000182. The standard InChI is InChI=1S/2C12H17N.C2H8O2Si/c2*1-8-7-11-5-4-6-13-12(11)10(3)9(8)2;1-3-5-4-2/h2*7,13H,4-6H2,1-3H3;5H2,1-2H3. The summed E-state index contributed by atoms with van der Waals surface area (Å²) in [6.07, 6.45) is 5.03. The van der Waals surface area contributed by atoms with Crippen LogP contribution in [0.25, 0.3) is 0 Å². The molecule has 172 valence electrons. The first-order valence-electron chi connectivity index (χ1n) is 11.5. The van der Waals surface area contributed by atoms with Crippen LogP contribution in [0.15, 0.2) is 12.1 Å². The Morgan fingerprint density at radius 1 is 0.645 bits per heavy atom. The molecule has 0 saturated carbocycles. The first-order chi connectivity index (χ1) is 14.8. The molecule has 2 N–H and O–H groups in total. The molecule has 2 aliphatic rings. The van der Waals surface area contributed by atoms with Gasteiger partial charge in [0, 0.05) is 38.7 Å². The summed E-state index contributed by atoms with van der Waals surface area (Å²) in [5.41, 5.74) is 14.4. The fourth-order valence-electron chi connectivity index (χ4n) is 4.32. The summed E-state index contributed by atoms with van der Waals surface area (Å²) in [6, 6.07) is 4.67. The second-order valence-corrected chi connectivity index (χ2v) is 10.1. The third-order valence-corrected chi connectivity index (χ3v) is 7.04. The maximum absolute atomic E-state index is 4.61. The average molecular weight is 443 g/mol. The minimum Gasteiger partial charge on any atom is -0.402 e. The van der Waals surface area contributed by atoms with Crippen molar-refractivity contribution < 1.29 is 8.85 Å². The number of anilines is 2. The van der Waals surface area contributed by atoms with Crippen molar-refractivity contribution >= 4 is 21.4 Å². The highest BCUT2D eigenvalue weighted by Gasteiger charge is 2.14. The summed E-state index contributed by atoms with van der Waals surface area (Å²) < 4.78 is 9.22. The van der Waals surface area contributed by atoms with Crippen LogP contribution in [-0.2, 0) is 21.7 Å². The summed E-state index contributed by atoms with van der Waals surface area (Å²) >= 11 is 0. The Hall–Kier alpha value is -1.82. The van der Waals surface area contributed by atoms with Gasteiger partial charge in [0.05, 0.1) is 0 Å². The van der Waals surface area contributed by atoms with Crippen LogP contribution >= 0.6 is 0 Å². The predicted octanol–water partition coefficient (Wildman–Crippen LogP) is 5.22. The van der Waals surface area contributed by atoms with Crippen molar-refractivity contribution in [2.24, 2.45) is 0 Å². The van der Waals surface area contributed by atoms with E-state index in [0.717, 1.165) is 13.1 Å². The van der Waals surface area contributed by atoms with E-state index < -0.39 is 10.0 Å². The monoisotopic (exact) mass is 442 g/mol. The van der Waals surface area contributed by atoms with Gasteiger partial charge >= 0.3 is 10.0 Å². The zero-order valence-electron chi connectivity index (χ0n) is 20.9. The third kappa shape index (κ3) is 6.58. The van der Waals surface area contributed by atoms with Gasteiger partial charge in [-0.3, -0.25) is 0 Å². The van der Waals surface area contributed by atoms with Crippen molar-refractivity contribution in [1.29, 1.82) is 0 Å². The second-order valence-electron chi connectivity index (χ2n) is 8.71. The molecule has 4 nitrogen and oxygen atoms in total. The smallest absolute Gasteiger partial charge is 0.303 e. The number of aryl methyl sites for hydroxylation is 4. The minimum atomic E-state index is -0.568. The van der Waals surface area contributed by atoms with Crippen LogP contribution < -0.4 is 10.6 Å². The molecule has 0 unspecified atom stereocenters. The van der Waals surface area contributed by atoms with Crippen LogP contribution in [0.5, 0.6) is 0 Å². The Labute approximate surface area is 192 Å². The van der Waals surface area contributed by atoms with Gasteiger partial charge in [-0.05, 0) is 112 Å². The van der Waals surface area contributed by atoms with Crippen molar-refractivity contribution in [1.82, 2.24) is 0 Å². The van der Waals surface area contributed by atoms with Crippen LogP contribution in [0.4, 0.5) is 11.4 Å². The summed E-state index contributed by atoms with van der Waals surface area (Å²) in [5.74, 6) is 0. The number of nitrogens with one attached hydrogen (secondary N) is 2. The maximum Gasteiger partial charge on any atom is 0.303 e. The van der Waals surface area contributed by atoms with Crippen LogP contribution in [0.3, 0.4) is 0 Å². The molecule has 0 aliphatic carbocycles.